The first kappa shape index (κ1) is 17.6. The highest BCUT2D eigenvalue weighted by Crippen LogP contribution is 2.66. The van der Waals surface area contributed by atoms with Gasteiger partial charge in [-0.05, 0) is 50.9 Å². The number of hydrogen-bond donors (Lipinski definition) is 0. The van der Waals surface area contributed by atoms with Crippen LogP contribution < -0.4 is 0 Å². The lowest BCUT2D eigenvalue weighted by Crippen LogP contribution is -2.63. The Bertz CT molecular complexity index is 788. The molecule has 0 aromatic rings. The number of carbonyl (C=O) groups excluding carboxylic acids is 2. The Morgan fingerprint density at radius 3 is 2.65 bits per heavy atom. The summed E-state index contributed by atoms with van der Waals surface area (Å²) in [4.78, 5) is 25.4. The SMILES string of the molecule is C=C1CCC[C@H]2[C@@]1(C)CC[C@]1(C)CC3=C(O[C@]21C)C(=O)C=C(OC)C3=O. The van der Waals surface area contributed by atoms with Crippen molar-refractivity contribution in [3.63, 3.8) is 0 Å². The van der Waals surface area contributed by atoms with E-state index in [0.717, 1.165) is 32.1 Å². The van der Waals surface area contributed by atoms with Crippen molar-refractivity contribution in [1.29, 1.82) is 0 Å². The number of rotatable bonds is 1. The Kier molecular flexibility index (Phi) is 3.61. The molecule has 0 spiro atoms. The van der Waals surface area contributed by atoms with Crippen molar-refractivity contribution in [2.24, 2.45) is 16.7 Å². The summed E-state index contributed by atoms with van der Waals surface area (Å²) in [5.41, 5.74) is 1.19. The van der Waals surface area contributed by atoms with Crippen molar-refractivity contribution < 1.29 is 19.1 Å². The molecule has 0 radical (unpaired) electrons. The van der Waals surface area contributed by atoms with Crippen LogP contribution in [0.3, 0.4) is 0 Å². The van der Waals surface area contributed by atoms with Gasteiger partial charge in [-0.1, -0.05) is 26.0 Å². The molecule has 26 heavy (non-hydrogen) atoms. The third kappa shape index (κ3) is 2.02. The summed E-state index contributed by atoms with van der Waals surface area (Å²) in [6.07, 6.45) is 7.12. The number of hydrogen-bond acceptors (Lipinski definition) is 4. The van der Waals surface area contributed by atoms with Crippen molar-refractivity contribution in [3.05, 3.63) is 35.3 Å². The molecule has 0 aromatic carbocycles. The fourth-order valence-corrected chi connectivity index (χ4v) is 5.94. The molecule has 4 heteroatoms. The summed E-state index contributed by atoms with van der Waals surface area (Å²) >= 11 is 0. The van der Waals surface area contributed by atoms with E-state index in [1.807, 2.05) is 0 Å². The Morgan fingerprint density at radius 1 is 1.23 bits per heavy atom. The van der Waals surface area contributed by atoms with Crippen LogP contribution in [-0.2, 0) is 19.1 Å². The molecule has 0 amide bonds. The molecule has 1 aliphatic heterocycles. The number of carbonyl (C=O) groups is 2. The fourth-order valence-electron chi connectivity index (χ4n) is 5.94. The van der Waals surface area contributed by atoms with E-state index < -0.39 is 5.60 Å². The quantitative estimate of drug-likeness (QED) is 0.520. The van der Waals surface area contributed by atoms with Gasteiger partial charge in [0.1, 0.15) is 5.60 Å². The van der Waals surface area contributed by atoms with Crippen LogP contribution in [0.1, 0.15) is 59.3 Å². The summed E-state index contributed by atoms with van der Waals surface area (Å²) < 4.78 is 11.6. The van der Waals surface area contributed by atoms with E-state index >= 15 is 0 Å². The normalized spacial score (nSPS) is 42.4. The maximum atomic E-state index is 12.8. The maximum absolute atomic E-state index is 12.8. The van der Waals surface area contributed by atoms with Crippen LogP contribution >= 0.6 is 0 Å². The smallest absolute Gasteiger partial charge is 0.227 e. The lowest BCUT2D eigenvalue weighted by molar-refractivity contribution is -0.202. The third-order valence-electron chi connectivity index (χ3n) is 7.97. The number of fused-ring (bicyclic) bond motifs is 3. The van der Waals surface area contributed by atoms with Crippen LogP contribution in [0.15, 0.2) is 35.3 Å². The van der Waals surface area contributed by atoms with Crippen molar-refractivity contribution in [2.75, 3.05) is 7.11 Å². The Balaban J connectivity index is 1.81. The van der Waals surface area contributed by atoms with E-state index in [9.17, 15) is 9.59 Å². The summed E-state index contributed by atoms with van der Waals surface area (Å²) in [5.74, 6) is 0.223. The number of ether oxygens (including phenoxy) is 2. The van der Waals surface area contributed by atoms with Crippen LogP contribution in [0.25, 0.3) is 0 Å². The maximum Gasteiger partial charge on any atom is 0.227 e. The number of methoxy groups -OCH3 is 1. The second kappa shape index (κ2) is 5.34. The summed E-state index contributed by atoms with van der Waals surface area (Å²) in [6.45, 7) is 11.1. The Labute approximate surface area is 155 Å². The van der Waals surface area contributed by atoms with Crippen LogP contribution in [0.4, 0.5) is 0 Å². The molecular weight excluding hydrogens is 328 g/mol. The minimum Gasteiger partial charge on any atom is -0.493 e. The van der Waals surface area contributed by atoms with Crippen LogP contribution in [0.2, 0.25) is 0 Å². The summed E-state index contributed by atoms with van der Waals surface area (Å²) in [6, 6.07) is 0. The largest absolute Gasteiger partial charge is 0.493 e. The molecule has 4 aliphatic rings. The average Bonchev–Trinajstić information content (AvgIpc) is 2.60. The van der Waals surface area contributed by atoms with Crippen LogP contribution in [0, 0.1) is 16.7 Å². The minimum absolute atomic E-state index is 0.0415. The number of Topliss-reactive ketones (excluding diaryl/α,β-unsaturated/α-hetero) is 1. The zero-order chi connectivity index (χ0) is 18.9. The number of allylic oxidation sites excluding steroid dienone is 3. The molecule has 4 atom stereocenters. The van der Waals surface area contributed by atoms with Gasteiger partial charge < -0.3 is 9.47 Å². The monoisotopic (exact) mass is 356 g/mol. The van der Waals surface area contributed by atoms with Gasteiger partial charge in [0.15, 0.2) is 11.5 Å². The lowest BCUT2D eigenvalue weighted by Gasteiger charge is -2.64. The van der Waals surface area contributed by atoms with E-state index in [0.29, 0.717) is 17.9 Å². The first-order valence-electron chi connectivity index (χ1n) is 9.61. The van der Waals surface area contributed by atoms with E-state index in [-0.39, 0.29) is 33.9 Å². The average molecular weight is 356 g/mol. The predicted molar refractivity (Wildman–Crippen MR) is 98.2 cm³/mol. The van der Waals surface area contributed by atoms with E-state index in [4.69, 9.17) is 9.47 Å². The topological polar surface area (TPSA) is 52.6 Å². The van der Waals surface area contributed by atoms with Gasteiger partial charge in [0.25, 0.3) is 0 Å². The van der Waals surface area contributed by atoms with Crippen molar-refractivity contribution in [3.8, 4) is 0 Å². The van der Waals surface area contributed by atoms with Crippen molar-refractivity contribution >= 4 is 11.6 Å². The first-order chi connectivity index (χ1) is 12.2. The second-order valence-corrected chi connectivity index (χ2v) is 9.13. The highest BCUT2D eigenvalue weighted by Gasteiger charge is 2.64. The molecule has 4 rings (SSSR count). The molecule has 0 N–H and O–H groups in total. The molecule has 0 saturated heterocycles. The van der Waals surface area contributed by atoms with Gasteiger partial charge in [-0.15, -0.1) is 0 Å². The highest BCUT2D eigenvalue weighted by atomic mass is 16.5. The molecule has 4 nitrogen and oxygen atoms in total. The number of ketones is 2. The Morgan fingerprint density at radius 2 is 1.96 bits per heavy atom. The summed E-state index contributed by atoms with van der Waals surface area (Å²) in [5, 5.41) is 0. The molecule has 140 valence electrons. The molecule has 1 heterocycles. The van der Waals surface area contributed by atoms with Gasteiger partial charge in [0, 0.05) is 17.4 Å². The first-order valence-corrected chi connectivity index (χ1v) is 9.61. The van der Waals surface area contributed by atoms with E-state index in [2.05, 4.69) is 27.4 Å². The van der Waals surface area contributed by atoms with E-state index in [1.165, 1.54) is 18.8 Å². The van der Waals surface area contributed by atoms with Gasteiger partial charge >= 0.3 is 0 Å². The van der Waals surface area contributed by atoms with Gasteiger partial charge in [-0.25, -0.2) is 0 Å². The Hall–Kier alpha value is -1.84. The van der Waals surface area contributed by atoms with Gasteiger partial charge in [-0.3, -0.25) is 9.59 Å². The molecule has 0 aromatic heterocycles. The van der Waals surface area contributed by atoms with Crippen molar-refractivity contribution in [2.45, 2.75) is 64.9 Å². The standard InChI is InChI=1S/C22H28O4/c1-13-7-6-8-17-21(13,3)10-9-20(2)12-14-18(24)16(25-5)11-15(23)19(14)26-22(17,20)4/h11,17H,1,6-10,12H2,2-5H3/t17-,20+,21-,22+/m0/s1. The molecular formula is C22H28O4. The lowest BCUT2D eigenvalue weighted by atomic mass is 9.45. The van der Waals surface area contributed by atoms with Crippen LogP contribution in [-0.4, -0.2) is 24.3 Å². The zero-order valence-electron chi connectivity index (χ0n) is 16.2. The third-order valence-corrected chi connectivity index (χ3v) is 7.97. The molecule has 0 unspecified atom stereocenters. The molecule has 3 aliphatic carbocycles. The highest BCUT2D eigenvalue weighted by molar-refractivity contribution is 6.21. The molecule has 2 saturated carbocycles. The van der Waals surface area contributed by atoms with E-state index in [1.54, 1.807) is 0 Å². The van der Waals surface area contributed by atoms with Gasteiger partial charge in [0.2, 0.25) is 11.6 Å². The second-order valence-electron chi connectivity index (χ2n) is 9.13. The fraction of sp³-hybridized carbons (Fsp3) is 0.636. The van der Waals surface area contributed by atoms with Crippen LogP contribution in [0.5, 0.6) is 0 Å². The summed E-state index contributed by atoms with van der Waals surface area (Å²) in [7, 11) is 1.43. The van der Waals surface area contributed by atoms with Gasteiger partial charge in [-0.2, -0.15) is 0 Å². The van der Waals surface area contributed by atoms with Crippen molar-refractivity contribution in [1.82, 2.24) is 0 Å². The molecule has 0 bridgehead atoms. The van der Waals surface area contributed by atoms with Gasteiger partial charge in [0.05, 0.1) is 12.7 Å². The molecule has 2 fully saturated rings. The minimum atomic E-state index is -0.476. The zero-order valence-corrected chi connectivity index (χ0v) is 16.2. The predicted octanol–water partition coefficient (Wildman–Crippen LogP) is 4.26.